The van der Waals surface area contributed by atoms with Crippen LogP contribution in [0.2, 0.25) is 0 Å². The molecule has 6 rings (SSSR count). The normalized spacial score (nSPS) is 49.9. The van der Waals surface area contributed by atoms with E-state index in [0.717, 1.165) is 14.0 Å². The van der Waals surface area contributed by atoms with E-state index in [4.69, 9.17) is 23.7 Å². The van der Waals surface area contributed by atoms with E-state index in [1.807, 2.05) is 13.8 Å². The average molecular weight is 504 g/mol. The molecule has 3 aliphatic heterocycles. The highest BCUT2D eigenvalue weighted by Crippen LogP contribution is 2.75. The predicted octanol–water partition coefficient (Wildman–Crippen LogP) is -0.217. The van der Waals surface area contributed by atoms with E-state index in [-0.39, 0.29) is 24.9 Å². The Hall–Kier alpha value is -2.76. The van der Waals surface area contributed by atoms with E-state index >= 15 is 0 Å². The number of methoxy groups -OCH3 is 1. The number of esters is 4. The molecule has 0 aromatic rings. The van der Waals surface area contributed by atoms with Gasteiger partial charge < -0.3 is 33.9 Å². The molecule has 2 bridgehead atoms. The summed E-state index contributed by atoms with van der Waals surface area (Å²) in [6.07, 6.45) is -3.56. The molecule has 1 spiro atoms. The molecule has 6 aliphatic rings. The van der Waals surface area contributed by atoms with Crippen molar-refractivity contribution in [3.05, 3.63) is 23.5 Å². The van der Waals surface area contributed by atoms with Crippen molar-refractivity contribution in [2.24, 2.45) is 34.0 Å². The van der Waals surface area contributed by atoms with Gasteiger partial charge in [-0.1, -0.05) is 13.8 Å². The molecule has 0 radical (unpaired) electrons. The fraction of sp³-hybridized carbons (Fsp3) is 0.680. The Kier molecular flexibility index (Phi) is 4.71. The number of carbonyl (C=O) groups is 4. The van der Waals surface area contributed by atoms with Gasteiger partial charge >= 0.3 is 23.9 Å². The number of hydrogen-bond acceptors (Lipinski definition) is 11. The number of carbonyl (C=O) groups excluding carboxylic acids is 4. The third-order valence-corrected chi connectivity index (χ3v) is 9.79. The third-order valence-electron chi connectivity index (χ3n) is 9.79. The lowest BCUT2D eigenvalue weighted by atomic mass is 9.35. The Labute approximate surface area is 206 Å². The molecule has 0 aromatic carbocycles. The van der Waals surface area contributed by atoms with Crippen molar-refractivity contribution in [2.75, 3.05) is 13.7 Å². The third kappa shape index (κ3) is 2.39. The van der Waals surface area contributed by atoms with E-state index in [0.29, 0.717) is 11.3 Å². The number of rotatable bonds is 2. The van der Waals surface area contributed by atoms with E-state index in [1.54, 1.807) is 6.08 Å². The zero-order valence-corrected chi connectivity index (χ0v) is 20.3. The standard InChI is InChI=1S/C25H28O11/c1-9-11-5-15(27)35-13(11)7-23(3)12(9)6-14-24-8-33-19(17(29)16(28)18(23)24)25(24,22(31)32-4)20(21(30)36-14)34-10(2)26/h5,7,9,12,14,16-20,28-29H,6,8H2,1-4H3/t9-,12+,14-,16+,17+,18+,19-,20+,23+,24-,25-/m1/s1. The minimum atomic E-state index is -1.96. The van der Waals surface area contributed by atoms with Crippen LogP contribution in [0.3, 0.4) is 0 Å². The van der Waals surface area contributed by atoms with Crippen LogP contribution >= 0.6 is 0 Å². The van der Waals surface area contributed by atoms with Gasteiger partial charge in [-0.25, -0.2) is 9.59 Å². The summed E-state index contributed by atoms with van der Waals surface area (Å²) in [5, 5.41) is 23.0. The molecular weight excluding hydrogens is 476 g/mol. The van der Waals surface area contributed by atoms with Gasteiger partial charge in [-0.3, -0.25) is 9.59 Å². The molecule has 36 heavy (non-hydrogen) atoms. The molecular formula is C25H28O11. The van der Waals surface area contributed by atoms with Crippen molar-refractivity contribution in [3.8, 4) is 0 Å². The fourth-order valence-corrected chi connectivity index (χ4v) is 8.67. The maximum Gasteiger partial charge on any atom is 0.349 e. The van der Waals surface area contributed by atoms with Gasteiger partial charge in [-0.05, 0) is 29.7 Å². The first-order valence-electron chi connectivity index (χ1n) is 12.1. The minimum Gasteiger partial charge on any atom is -0.468 e. The molecule has 3 heterocycles. The van der Waals surface area contributed by atoms with Crippen molar-refractivity contribution in [1.29, 1.82) is 0 Å². The van der Waals surface area contributed by atoms with E-state index in [1.165, 1.54) is 6.08 Å². The molecule has 4 fully saturated rings. The van der Waals surface area contributed by atoms with Crippen molar-refractivity contribution in [2.45, 2.75) is 57.7 Å². The summed E-state index contributed by atoms with van der Waals surface area (Å²) < 4.78 is 28.0. The second-order valence-corrected chi connectivity index (χ2v) is 11.0. The van der Waals surface area contributed by atoms with E-state index in [9.17, 15) is 29.4 Å². The Morgan fingerprint density at radius 3 is 2.58 bits per heavy atom. The Bertz CT molecular complexity index is 1160. The first kappa shape index (κ1) is 23.6. The highest BCUT2D eigenvalue weighted by molar-refractivity contribution is 5.93. The van der Waals surface area contributed by atoms with Crippen molar-refractivity contribution in [3.63, 3.8) is 0 Å². The van der Waals surface area contributed by atoms with Crippen LogP contribution in [0.25, 0.3) is 0 Å². The monoisotopic (exact) mass is 504 g/mol. The zero-order valence-electron chi connectivity index (χ0n) is 20.3. The summed E-state index contributed by atoms with van der Waals surface area (Å²) in [5.74, 6) is -4.17. The lowest BCUT2D eigenvalue weighted by Crippen LogP contribution is -2.81. The molecule has 0 aromatic heterocycles. The molecule has 2 saturated carbocycles. The number of aliphatic hydroxyl groups is 2. The summed E-state index contributed by atoms with van der Waals surface area (Å²) in [7, 11) is 1.15. The first-order chi connectivity index (χ1) is 16.9. The highest BCUT2D eigenvalue weighted by atomic mass is 16.6. The second-order valence-electron chi connectivity index (χ2n) is 11.0. The Morgan fingerprint density at radius 2 is 1.92 bits per heavy atom. The number of aliphatic hydroxyl groups excluding tert-OH is 2. The van der Waals surface area contributed by atoms with Crippen LogP contribution in [0, 0.1) is 34.0 Å². The number of fused-ring (bicyclic) bond motifs is 3. The first-order valence-corrected chi connectivity index (χ1v) is 12.1. The van der Waals surface area contributed by atoms with Crippen molar-refractivity contribution >= 4 is 23.9 Å². The van der Waals surface area contributed by atoms with E-state index in [2.05, 4.69) is 0 Å². The lowest BCUT2D eigenvalue weighted by Gasteiger charge is -2.68. The van der Waals surface area contributed by atoms with E-state index < -0.39 is 76.6 Å². The van der Waals surface area contributed by atoms with Gasteiger partial charge in [0.05, 0.1) is 25.2 Å². The van der Waals surface area contributed by atoms with Crippen LogP contribution in [0.4, 0.5) is 0 Å². The number of ether oxygens (including phenoxy) is 5. The largest absolute Gasteiger partial charge is 0.468 e. The van der Waals surface area contributed by atoms with Crippen LogP contribution in [-0.4, -0.2) is 78.3 Å². The van der Waals surface area contributed by atoms with Crippen LogP contribution in [0.15, 0.2) is 23.5 Å². The quantitative estimate of drug-likeness (QED) is 0.379. The van der Waals surface area contributed by atoms with Gasteiger partial charge in [0, 0.05) is 24.5 Å². The van der Waals surface area contributed by atoms with Crippen molar-refractivity contribution in [1.82, 2.24) is 0 Å². The molecule has 11 atom stereocenters. The summed E-state index contributed by atoms with van der Waals surface area (Å²) in [6, 6.07) is 0. The van der Waals surface area contributed by atoms with Gasteiger partial charge in [0.2, 0.25) is 6.10 Å². The zero-order chi connectivity index (χ0) is 25.9. The minimum absolute atomic E-state index is 0.149. The van der Waals surface area contributed by atoms with Gasteiger partial charge in [0.25, 0.3) is 0 Å². The van der Waals surface area contributed by atoms with Crippen molar-refractivity contribution < 1.29 is 53.1 Å². The smallest absolute Gasteiger partial charge is 0.349 e. The topological polar surface area (TPSA) is 155 Å². The molecule has 2 saturated heterocycles. The molecule has 0 amide bonds. The maximum atomic E-state index is 13.8. The molecule has 0 unspecified atom stereocenters. The van der Waals surface area contributed by atoms with Crippen LogP contribution in [0.1, 0.15) is 27.2 Å². The highest BCUT2D eigenvalue weighted by Gasteiger charge is 2.88. The number of hydrogen-bond donors (Lipinski definition) is 2. The summed E-state index contributed by atoms with van der Waals surface area (Å²) in [5.41, 5.74) is -3.59. The van der Waals surface area contributed by atoms with Gasteiger partial charge in [0.1, 0.15) is 24.1 Å². The summed E-state index contributed by atoms with van der Waals surface area (Å²) in [4.78, 5) is 51.3. The Morgan fingerprint density at radius 1 is 1.19 bits per heavy atom. The molecule has 194 valence electrons. The number of allylic oxidation sites excluding steroid dienone is 2. The molecule has 11 heteroatoms. The van der Waals surface area contributed by atoms with Crippen LogP contribution < -0.4 is 0 Å². The molecule has 11 nitrogen and oxygen atoms in total. The molecule has 2 N–H and O–H groups in total. The Balaban J connectivity index is 1.65. The second kappa shape index (κ2) is 7.17. The SMILES string of the molecule is COC(=O)[C@]12[C@@H]3OC[C@]14[C@@H](C[C@H]1[C@H](C)C5=CC(=O)OC5=C[C@]1(C)[C@@H]4[C@@H](O)[C@@H]3O)OC(=O)[C@@H]2OC(C)=O. The lowest BCUT2D eigenvalue weighted by molar-refractivity contribution is -0.303. The van der Waals surface area contributed by atoms with Gasteiger partial charge in [0.15, 0.2) is 5.41 Å². The van der Waals surface area contributed by atoms with Crippen LogP contribution in [-0.2, 0) is 42.9 Å². The summed E-state index contributed by atoms with van der Waals surface area (Å²) >= 11 is 0. The maximum absolute atomic E-state index is 13.8. The molecule has 3 aliphatic carbocycles. The average Bonchev–Trinajstić information content (AvgIpc) is 3.32. The summed E-state index contributed by atoms with van der Waals surface area (Å²) in [6.45, 7) is 4.77. The van der Waals surface area contributed by atoms with Gasteiger partial charge in [-0.15, -0.1) is 0 Å². The van der Waals surface area contributed by atoms with Crippen LogP contribution in [0.5, 0.6) is 0 Å². The predicted molar refractivity (Wildman–Crippen MR) is 115 cm³/mol. The fourth-order valence-electron chi connectivity index (χ4n) is 8.67. The van der Waals surface area contributed by atoms with Gasteiger partial charge in [-0.2, -0.15) is 0 Å².